The predicted molar refractivity (Wildman–Crippen MR) is 80.6 cm³/mol. The Bertz CT molecular complexity index is 436. The Balaban J connectivity index is 1.87. The largest absolute Gasteiger partial charge is 0.378 e. The van der Waals surface area contributed by atoms with Crippen LogP contribution in [0.3, 0.4) is 0 Å². The number of anilines is 1. The second-order valence-corrected chi connectivity index (χ2v) is 6.02. The number of benzene rings is 1. The van der Waals surface area contributed by atoms with E-state index in [0.29, 0.717) is 6.04 Å². The van der Waals surface area contributed by atoms with Crippen LogP contribution < -0.4 is 10.2 Å². The molecule has 3 rings (SSSR count). The standard InChI is InChI=1S/C16H25N3/c1-18(2)14-6-7-15-13(10-14)11-17-12-16(15)19-8-4-3-5-9-19/h6-7,10,16-17H,3-5,8-9,11-12H2,1-2H3/t16-/m1/s1. The molecule has 1 fully saturated rings. The lowest BCUT2D eigenvalue weighted by Gasteiger charge is -2.38. The van der Waals surface area contributed by atoms with E-state index in [2.05, 4.69) is 47.4 Å². The number of piperidine rings is 1. The fourth-order valence-corrected chi connectivity index (χ4v) is 3.36. The Kier molecular flexibility index (Phi) is 3.76. The normalized spacial score (nSPS) is 24.0. The van der Waals surface area contributed by atoms with Crippen LogP contribution in [0.4, 0.5) is 5.69 Å². The first kappa shape index (κ1) is 12.9. The summed E-state index contributed by atoms with van der Waals surface area (Å²) in [5.41, 5.74) is 4.33. The molecule has 1 atom stereocenters. The molecule has 0 unspecified atom stereocenters. The first-order chi connectivity index (χ1) is 9.25. The highest BCUT2D eigenvalue weighted by atomic mass is 15.2. The minimum Gasteiger partial charge on any atom is -0.378 e. The van der Waals surface area contributed by atoms with Crippen molar-refractivity contribution in [3.8, 4) is 0 Å². The molecule has 19 heavy (non-hydrogen) atoms. The van der Waals surface area contributed by atoms with Crippen molar-refractivity contribution in [2.45, 2.75) is 31.8 Å². The molecule has 0 aromatic heterocycles. The van der Waals surface area contributed by atoms with E-state index in [1.807, 2.05) is 0 Å². The highest BCUT2D eigenvalue weighted by molar-refractivity contribution is 5.51. The number of hydrogen-bond acceptors (Lipinski definition) is 3. The highest BCUT2D eigenvalue weighted by Gasteiger charge is 2.26. The molecular weight excluding hydrogens is 234 g/mol. The van der Waals surface area contributed by atoms with Gasteiger partial charge in [-0.3, -0.25) is 4.90 Å². The van der Waals surface area contributed by atoms with Crippen molar-refractivity contribution >= 4 is 5.69 Å². The summed E-state index contributed by atoms with van der Waals surface area (Å²) < 4.78 is 0. The second-order valence-electron chi connectivity index (χ2n) is 6.02. The Hall–Kier alpha value is -1.06. The van der Waals surface area contributed by atoms with Crippen molar-refractivity contribution in [3.63, 3.8) is 0 Å². The number of rotatable bonds is 2. The van der Waals surface area contributed by atoms with E-state index in [1.165, 1.54) is 43.6 Å². The third kappa shape index (κ3) is 2.63. The van der Waals surface area contributed by atoms with Crippen molar-refractivity contribution in [2.24, 2.45) is 0 Å². The van der Waals surface area contributed by atoms with Gasteiger partial charge in [-0.2, -0.15) is 0 Å². The lowest BCUT2D eigenvalue weighted by atomic mass is 9.93. The summed E-state index contributed by atoms with van der Waals surface area (Å²) in [4.78, 5) is 4.86. The average molecular weight is 259 g/mol. The van der Waals surface area contributed by atoms with Crippen LogP contribution in [-0.4, -0.2) is 38.6 Å². The van der Waals surface area contributed by atoms with E-state index in [9.17, 15) is 0 Å². The molecular formula is C16H25N3. The smallest absolute Gasteiger partial charge is 0.0476 e. The number of hydrogen-bond donors (Lipinski definition) is 1. The molecule has 2 aliphatic rings. The zero-order valence-electron chi connectivity index (χ0n) is 12.2. The monoisotopic (exact) mass is 259 g/mol. The van der Waals surface area contributed by atoms with Gasteiger partial charge in [-0.15, -0.1) is 0 Å². The molecule has 2 aliphatic heterocycles. The van der Waals surface area contributed by atoms with Crippen LogP contribution in [0.2, 0.25) is 0 Å². The average Bonchev–Trinajstić information content (AvgIpc) is 2.47. The summed E-state index contributed by atoms with van der Waals surface area (Å²) in [7, 11) is 4.22. The molecule has 1 aromatic carbocycles. The fraction of sp³-hybridized carbons (Fsp3) is 0.625. The van der Waals surface area contributed by atoms with Gasteiger partial charge in [-0.05, 0) is 49.2 Å². The van der Waals surface area contributed by atoms with E-state index in [1.54, 1.807) is 5.56 Å². The van der Waals surface area contributed by atoms with Crippen LogP contribution in [0.25, 0.3) is 0 Å². The number of nitrogens with zero attached hydrogens (tertiary/aromatic N) is 2. The van der Waals surface area contributed by atoms with E-state index in [0.717, 1.165) is 13.1 Å². The van der Waals surface area contributed by atoms with Crippen molar-refractivity contribution in [2.75, 3.05) is 38.6 Å². The first-order valence-electron chi connectivity index (χ1n) is 7.50. The number of nitrogens with one attached hydrogen (secondary N) is 1. The Morgan fingerprint density at radius 1 is 1.16 bits per heavy atom. The summed E-state index contributed by atoms with van der Waals surface area (Å²) in [6, 6.07) is 7.55. The van der Waals surface area contributed by atoms with Crippen LogP contribution in [0, 0.1) is 0 Å². The zero-order chi connectivity index (χ0) is 13.2. The molecule has 0 aliphatic carbocycles. The Morgan fingerprint density at radius 2 is 1.95 bits per heavy atom. The molecule has 1 aromatic rings. The van der Waals surface area contributed by atoms with Gasteiger partial charge in [-0.1, -0.05) is 12.5 Å². The van der Waals surface area contributed by atoms with Crippen LogP contribution in [0.15, 0.2) is 18.2 Å². The van der Waals surface area contributed by atoms with Gasteiger partial charge in [0.1, 0.15) is 0 Å². The SMILES string of the molecule is CN(C)c1ccc2c(c1)CNC[C@H]2N1CCCCC1. The second kappa shape index (κ2) is 5.51. The Labute approximate surface area is 116 Å². The minimum absolute atomic E-state index is 0.584. The first-order valence-corrected chi connectivity index (χ1v) is 7.50. The highest BCUT2D eigenvalue weighted by Crippen LogP contribution is 2.31. The lowest BCUT2D eigenvalue weighted by Crippen LogP contribution is -2.42. The van der Waals surface area contributed by atoms with Gasteiger partial charge in [-0.25, -0.2) is 0 Å². The van der Waals surface area contributed by atoms with Gasteiger partial charge in [0.05, 0.1) is 0 Å². The predicted octanol–water partition coefficient (Wildman–Crippen LogP) is 2.38. The molecule has 1 N–H and O–H groups in total. The van der Waals surface area contributed by atoms with E-state index >= 15 is 0 Å². The van der Waals surface area contributed by atoms with Gasteiger partial charge in [0.15, 0.2) is 0 Å². The van der Waals surface area contributed by atoms with Gasteiger partial charge >= 0.3 is 0 Å². The maximum absolute atomic E-state index is 3.59. The molecule has 0 radical (unpaired) electrons. The Morgan fingerprint density at radius 3 is 2.68 bits per heavy atom. The molecule has 104 valence electrons. The molecule has 0 amide bonds. The fourth-order valence-electron chi connectivity index (χ4n) is 3.36. The molecule has 0 bridgehead atoms. The van der Waals surface area contributed by atoms with Crippen molar-refractivity contribution in [1.29, 1.82) is 0 Å². The van der Waals surface area contributed by atoms with Crippen molar-refractivity contribution in [1.82, 2.24) is 10.2 Å². The summed E-state index contributed by atoms with van der Waals surface area (Å²) in [5, 5.41) is 3.59. The summed E-state index contributed by atoms with van der Waals surface area (Å²) in [6.07, 6.45) is 4.13. The van der Waals surface area contributed by atoms with Crippen LogP contribution >= 0.6 is 0 Å². The van der Waals surface area contributed by atoms with Gasteiger partial charge in [0.2, 0.25) is 0 Å². The molecule has 3 nitrogen and oxygen atoms in total. The van der Waals surface area contributed by atoms with Gasteiger partial charge in [0, 0.05) is 38.9 Å². The van der Waals surface area contributed by atoms with E-state index < -0.39 is 0 Å². The van der Waals surface area contributed by atoms with Crippen molar-refractivity contribution in [3.05, 3.63) is 29.3 Å². The van der Waals surface area contributed by atoms with Crippen LogP contribution in [0.1, 0.15) is 36.4 Å². The maximum atomic E-state index is 3.59. The third-order valence-corrected chi connectivity index (χ3v) is 4.49. The molecule has 2 heterocycles. The molecule has 1 saturated heterocycles. The maximum Gasteiger partial charge on any atom is 0.0476 e. The summed E-state index contributed by atoms with van der Waals surface area (Å²) in [6.45, 7) is 4.65. The number of fused-ring (bicyclic) bond motifs is 1. The quantitative estimate of drug-likeness (QED) is 0.880. The third-order valence-electron chi connectivity index (χ3n) is 4.49. The van der Waals surface area contributed by atoms with Crippen molar-refractivity contribution < 1.29 is 0 Å². The van der Waals surface area contributed by atoms with Crippen LogP contribution in [-0.2, 0) is 6.54 Å². The molecule has 0 spiro atoms. The van der Waals surface area contributed by atoms with Gasteiger partial charge in [0.25, 0.3) is 0 Å². The van der Waals surface area contributed by atoms with E-state index in [-0.39, 0.29) is 0 Å². The lowest BCUT2D eigenvalue weighted by molar-refractivity contribution is 0.154. The number of likely N-dealkylation sites (tertiary alicyclic amines) is 1. The molecule has 0 saturated carbocycles. The van der Waals surface area contributed by atoms with Gasteiger partial charge < -0.3 is 10.2 Å². The topological polar surface area (TPSA) is 18.5 Å². The minimum atomic E-state index is 0.584. The molecule has 3 heteroatoms. The summed E-state index contributed by atoms with van der Waals surface area (Å²) >= 11 is 0. The zero-order valence-corrected chi connectivity index (χ0v) is 12.2. The summed E-state index contributed by atoms with van der Waals surface area (Å²) in [5.74, 6) is 0. The van der Waals surface area contributed by atoms with Crippen LogP contribution in [0.5, 0.6) is 0 Å². The van der Waals surface area contributed by atoms with E-state index in [4.69, 9.17) is 0 Å².